The zero-order valence-electron chi connectivity index (χ0n) is 14.8. The molecule has 3 aliphatic heterocycles. The van der Waals surface area contributed by atoms with E-state index in [0.29, 0.717) is 62.7 Å². The average molecular weight is 354 g/mol. The molecule has 0 spiro atoms. The molecule has 0 N–H and O–H groups in total. The zero-order chi connectivity index (χ0) is 16.6. The number of rotatable bonds is 8. The molecule has 0 aromatic rings. The number of ether oxygens (including phenoxy) is 6. The molecule has 0 aromatic heterocycles. The van der Waals surface area contributed by atoms with Gasteiger partial charge in [0.2, 0.25) is 0 Å². The van der Waals surface area contributed by atoms with Crippen molar-refractivity contribution in [2.24, 2.45) is 11.8 Å². The highest BCUT2D eigenvalue weighted by Crippen LogP contribution is 2.42. The van der Waals surface area contributed by atoms with E-state index in [1.165, 1.54) is 19.3 Å². The first-order chi connectivity index (χ1) is 12.3. The maximum absolute atomic E-state index is 6.03. The van der Waals surface area contributed by atoms with E-state index in [2.05, 4.69) is 0 Å². The van der Waals surface area contributed by atoms with Crippen LogP contribution in [0.2, 0.25) is 0 Å². The number of fused-ring (bicyclic) bond motifs is 2. The first kappa shape index (κ1) is 16.9. The Balaban J connectivity index is 0.911. The van der Waals surface area contributed by atoms with Crippen LogP contribution in [0.5, 0.6) is 0 Å². The second kappa shape index (κ2) is 7.41. The van der Waals surface area contributed by atoms with Crippen LogP contribution in [0.25, 0.3) is 0 Å². The van der Waals surface area contributed by atoms with Gasteiger partial charge in [0.1, 0.15) is 6.10 Å². The molecule has 5 rings (SSSR count). The van der Waals surface area contributed by atoms with Gasteiger partial charge in [-0.15, -0.1) is 0 Å². The molecule has 3 heterocycles. The first-order valence-electron chi connectivity index (χ1n) is 10.1. The molecule has 3 saturated heterocycles. The number of hydrogen-bond acceptors (Lipinski definition) is 6. The summed E-state index contributed by atoms with van der Waals surface area (Å²) in [5, 5.41) is 0. The standard InChI is InChI=1S/C19H30O6/c1-3-15-17(24-15)7-12(1)9-20-5-6-21-10-14-11-22-19(23-14)13-2-4-16-18(8-13)25-16/h12-19H,1-11H2. The number of hydrogen-bond donors (Lipinski definition) is 0. The second-order valence-corrected chi connectivity index (χ2v) is 8.29. The van der Waals surface area contributed by atoms with Gasteiger partial charge in [-0.2, -0.15) is 0 Å². The Hall–Kier alpha value is -0.240. The van der Waals surface area contributed by atoms with Crippen LogP contribution < -0.4 is 0 Å². The molecule has 8 atom stereocenters. The van der Waals surface area contributed by atoms with Crippen molar-refractivity contribution in [1.82, 2.24) is 0 Å². The van der Waals surface area contributed by atoms with Gasteiger partial charge in [0, 0.05) is 12.5 Å². The van der Waals surface area contributed by atoms with Gasteiger partial charge < -0.3 is 28.4 Å². The molecule has 8 unspecified atom stereocenters. The van der Waals surface area contributed by atoms with E-state index >= 15 is 0 Å². The fraction of sp³-hybridized carbons (Fsp3) is 1.00. The summed E-state index contributed by atoms with van der Waals surface area (Å²) in [6, 6.07) is 0. The van der Waals surface area contributed by atoms with Crippen molar-refractivity contribution in [3.05, 3.63) is 0 Å². The topological polar surface area (TPSA) is 62.0 Å². The van der Waals surface area contributed by atoms with Crippen molar-refractivity contribution < 1.29 is 28.4 Å². The van der Waals surface area contributed by atoms with Crippen LogP contribution in [0, 0.1) is 11.8 Å². The largest absolute Gasteiger partial charge is 0.379 e. The van der Waals surface area contributed by atoms with Crippen LogP contribution in [0.1, 0.15) is 38.5 Å². The molecular formula is C19H30O6. The minimum Gasteiger partial charge on any atom is -0.379 e. The molecule has 2 aliphatic carbocycles. The molecule has 2 saturated carbocycles. The maximum atomic E-state index is 6.03. The zero-order valence-corrected chi connectivity index (χ0v) is 14.8. The molecule has 0 bridgehead atoms. The average Bonchev–Trinajstić information content (AvgIpc) is 3.53. The van der Waals surface area contributed by atoms with Crippen LogP contribution in [0.3, 0.4) is 0 Å². The van der Waals surface area contributed by atoms with E-state index in [-0.39, 0.29) is 12.4 Å². The molecule has 6 nitrogen and oxygen atoms in total. The normalized spacial score (nSPS) is 48.0. The lowest BCUT2D eigenvalue weighted by atomic mass is 9.89. The van der Waals surface area contributed by atoms with Gasteiger partial charge in [-0.25, -0.2) is 0 Å². The highest BCUT2D eigenvalue weighted by atomic mass is 16.7. The lowest BCUT2D eigenvalue weighted by molar-refractivity contribution is -0.113. The summed E-state index contributed by atoms with van der Waals surface area (Å²) in [6.07, 6.45) is 9.14. The molecule has 25 heavy (non-hydrogen) atoms. The Morgan fingerprint density at radius 1 is 0.720 bits per heavy atom. The molecule has 0 amide bonds. The van der Waals surface area contributed by atoms with Crippen LogP contribution in [0.4, 0.5) is 0 Å². The van der Waals surface area contributed by atoms with Gasteiger partial charge in [-0.3, -0.25) is 0 Å². The van der Waals surface area contributed by atoms with Gasteiger partial charge in [0.05, 0.1) is 50.8 Å². The minimum absolute atomic E-state index is 0.0603. The third-order valence-corrected chi connectivity index (χ3v) is 6.34. The molecular weight excluding hydrogens is 324 g/mol. The van der Waals surface area contributed by atoms with Crippen molar-refractivity contribution >= 4 is 0 Å². The van der Waals surface area contributed by atoms with Crippen LogP contribution >= 0.6 is 0 Å². The van der Waals surface area contributed by atoms with Crippen molar-refractivity contribution in [1.29, 1.82) is 0 Å². The van der Waals surface area contributed by atoms with Gasteiger partial charge in [-0.05, 0) is 44.4 Å². The third kappa shape index (κ3) is 4.20. The summed E-state index contributed by atoms with van der Waals surface area (Å²) in [7, 11) is 0. The van der Waals surface area contributed by atoms with Gasteiger partial charge in [0.25, 0.3) is 0 Å². The summed E-state index contributed by atoms with van der Waals surface area (Å²) < 4.78 is 34.5. The SMILES string of the molecule is C(COCC1COC(C2CCC3OC3C2)O1)OCC1CCC2OC2C1. The van der Waals surface area contributed by atoms with Crippen molar-refractivity contribution in [3.63, 3.8) is 0 Å². The molecule has 5 fully saturated rings. The molecule has 142 valence electrons. The smallest absolute Gasteiger partial charge is 0.161 e. The van der Waals surface area contributed by atoms with Gasteiger partial charge >= 0.3 is 0 Å². The third-order valence-electron chi connectivity index (χ3n) is 6.34. The Morgan fingerprint density at radius 3 is 2.28 bits per heavy atom. The highest BCUT2D eigenvalue weighted by molar-refractivity contribution is 4.93. The lowest BCUT2D eigenvalue weighted by Crippen LogP contribution is -2.28. The monoisotopic (exact) mass is 354 g/mol. The van der Waals surface area contributed by atoms with E-state index < -0.39 is 0 Å². The second-order valence-electron chi connectivity index (χ2n) is 8.29. The van der Waals surface area contributed by atoms with Crippen molar-refractivity contribution in [3.8, 4) is 0 Å². The van der Waals surface area contributed by atoms with E-state index in [4.69, 9.17) is 28.4 Å². The van der Waals surface area contributed by atoms with E-state index in [1.807, 2.05) is 0 Å². The predicted molar refractivity (Wildman–Crippen MR) is 88.3 cm³/mol. The van der Waals surface area contributed by atoms with E-state index in [9.17, 15) is 0 Å². The molecule has 0 radical (unpaired) electrons. The Labute approximate surface area is 149 Å². The fourth-order valence-electron chi connectivity index (χ4n) is 4.71. The fourth-order valence-corrected chi connectivity index (χ4v) is 4.71. The predicted octanol–water partition coefficient (Wildman–Crippen LogP) is 1.90. The summed E-state index contributed by atoms with van der Waals surface area (Å²) in [5.41, 5.74) is 0. The molecule has 0 aromatic carbocycles. The summed E-state index contributed by atoms with van der Waals surface area (Å²) in [6.45, 7) is 3.36. The summed E-state index contributed by atoms with van der Waals surface area (Å²) in [5.74, 6) is 1.16. The number of epoxide rings is 2. The lowest BCUT2D eigenvalue weighted by Gasteiger charge is -2.24. The Bertz CT molecular complexity index is 459. The van der Waals surface area contributed by atoms with Crippen LogP contribution in [0.15, 0.2) is 0 Å². The molecule has 5 aliphatic rings. The minimum atomic E-state index is -0.0604. The van der Waals surface area contributed by atoms with Crippen molar-refractivity contribution in [2.45, 2.75) is 75.3 Å². The van der Waals surface area contributed by atoms with Gasteiger partial charge in [0.15, 0.2) is 6.29 Å². The Morgan fingerprint density at radius 2 is 1.48 bits per heavy atom. The van der Waals surface area contributed by atoms with E-state index in [1.54, 1.807) is 0 Å². The quantitative estimate of drug-likeness (QED) is 0.490. The van der Waals surface area contributed by atoms with Crippen LogP contribution in [-0.4, -0.2) is 69.8 Å². The summed E-state index contributed by atoms with van der Waals surface area (Å²) >= 11 is 0. The van der Waals surface area contributed by atoms with Crippen LogP contribution in [-0.2, 0) is 28.4 Å². The first-order valence-corrected chi connectivity index (χ1v) is 10.1. The van der Waals surface area contributed by atoms with Crippen molar-refractivity contribution in [2.75, 3.05) is 33.0 Å². The summed E-state index contributed by atoms with van der Waals surface area (Å²) in [4.78, 5) is 0. The molecule has 6 heteroatoms. The van der Waals surface area contributed by atoms with Gasteiger partial charge in [-0.1, -0.05) is 0 Å². The Kier molecular flexibility index (Phi) is 5.01. The maximum Gasteiger partial charge on any atom is 0.161 e. The van der Waals surface area contributed by atoms with E-state index in [0.717, 1.165) is 25.9 Å². The highest BCUT2D eigenvalue weighted by Gasteiger charge is 2.47.